The molecule has 0 aliphatic carbocycles. The number of ether oxygens (including phenoxy) is 1. The first-order valence-corrected chi connectivity index (χ1v) is 7.26. The lowest BCUT2D eigenvalue weighted by atomic mass is 10.3. The van der Waals surface area contributed by atoms with Crippen molar-refractivity contribution in [2.24, 2.45) is 0 Å². The third-order valence-electron chi connectivity index (χ3n) is 2.83. The number of nitrogens with zero attached hydrogens (tertiary/aromatic N) is 2. The fourth-order valence-electron chi connectivity index (χ4n) is 1.80. The first-order valence-electron chi connectivity index (χ1n) is 6.38. The number of aromatic nitrogens is 1. The van der Waals surface area contributed by atoms with Gasteiger partial charge in [0, 0.05) is 25.0 Å². The van der Waals surface area contributed by atoms with Crippen molar-refractivity contribution < 1.29 is 4.74 Å². The van der Waals surface area contributed by atoms with Crippen molar-refractivity contribution in [3.8, 4) is 0 Å². The van der Waals surface area contributed by atoms with Gasteiger partial charge >= 0.3 is 0 Å². The maximum absolute atomic E-state index is 5.34. The molecule has 0 bridgehead atoms. The second kappa shape index (κ2) is 6.93. The quantitative estimate of drug-likeness (QED) is 0.788. The van der Waals surface area contributed by atoms with Crippen LogP contribution in [0.4, 0.5) is 5.13 Å². The molecule has 1 aliphatic heterocycles. The highest BCUT2D eigenvalue weighted by molar-refractivity contribution is 7.13. The predicted octanol–water partition coefficient (Wildman–Crippen LogP) is 1.87. The zero-order chi connectivity index (χ0) is 11.9. The highest BCUT2D eigenvalue weighted by Crippen LogP contribution is 2.21. The van der Waals surface area contributed by atoms with E-state index in [1.807, 2.05) is 0 Å². The van der Waals surface area contributed by atoms with Crippen LogP contribution in [0.5, 0.6) is 0 Å². The smallest absolute Gasteiger partial charge is 0.185 e. The van der Waals surface area contributed by atoms with Gasteiger partial charge in [-0.2, -0.15) is 0 Å². The average molecular weight is 255 g/mol. The van der Waals surface area contributed by atoms with E-state index in [0.29, 0.717) is 0 Å². The van der Waals surface area contributed by atoms with Gasteiger partial charge in [-0.3, -0.25) is 0 Å². The molecule has 96 valence electrons. The number of unbranched alkanes of at least 4 members (excludes halogenated alkanes) is 1. The minimum absolute atomic E-state index is 0.823. The standard InChI is InChI=1S/C12H21N3OS/c1-2-3-4-13-9-11-10-17-12(14-11)15-5-7-16-8-6-15/h10,13H,2-9H2,1H3. The molecule has 1 saturated heterocycles. The third kappa shape index (κ3) is 3.94. The molecular weight excluding hydrogens is 234 g/mol. The Labute approximate surface area is 107 Å². The minimum Gasteiger partial charge on any atom is -0.378 e. The molecule has 1 fully saturated rings. The summed E-state index contributed by atoms with van der Waals surface area (Å²) >= 11 is 1.74. The fourth-order valence-corrected chi connectivity index (χ4v) is 2.67. The molecule has 0 amide bonds. The van der Waals surface area contributed by atoms with Crippen LogP contribution in [0.15, 0.2) is 5.38 Å². The van der Waals surface area contributed by atoms with E-state index in [4.69, 9.17) is 4.74 Å². The Kier molecular flexibility index (Phi) is 5.22. The Morgan fingerprint density at radius 3 is 3.06 bits per heavy atom. The van der Waals surface area contributed by atoms with Crippen molar-refractivity contribution in [3.63, 3.8) is 0 Å². The monoisotopic (exact) mass is 255 g/mol. The van der Waals surface area contributed by atoms with Crippen LogP contribution in [0.3, 0.4) is 0 Å². The van der Waals surface area contributed by atoms with Crippen LogP contribution in [0.25, 0.3) is 0 Å². The SMILES string of the molecule is CCCCNCc1csc(N2CCOCC2)n1. The van der Waals surface area contributed by atoms with Gasteiger partial charge in [0.05, 0.1) is 18.9 Å². The van der Waals surface area contributed by atoms with Crippen LogP contribution in [-0.4, -0.2) is 37.8 Å². The van der Waals surface area contributed by atoms with E-state index in [0.717, 1.165) is 50.2 Å². The van der Waals surface area contributed by atoms with Gasteiger partial charge in [-0.15, -0.1) is 11.3 Å². The van der Waals surface area contributed by atoms with Crippen molar-refractivity contribution in [1.82, 2.24) is 10.3 Å². The fraction of sp³-hybridized carbons (Fsp3) is 0.750. The molecule has 0 spiro atoms. The second-order valence-electron chi connectivity index (χ2n) is 4.25. The van der Waals surface area contributed by atoms with E-state index in [9.17, 15) is 0 Å². The number of thiazole rings is 1. The van der Waals surface area contributed by atoms with Gasteiger partial charge in [0.15, 0.2) is 5.13 Å². The average Bonchev–Trinajstić information content (AvgIpc) is 2.85. The molecule has 1 aliphatic rings. The maximum atomic E-state index is 5.34. The van der Waals surface area contributed by atoms with Gasteiger partial charge in [-0.25, -0.2) is 4.98 Å². The van der Waals surface area contributed by atoms with Crippen molar-refractivity contribution in [2.75, 3.05) is 37.7 Å². The zero-order valence-corrected chi connectivity index (χ0v) is 11.3. The molecule has 0 saturated carbocycles. The first-order chi connectivity index (χ1) is 8.40. The molecule has 1 aromatic heterocycles. The third-order valence-corrected chi connectivity index (χ3v) is 3.78. The van der Waals surface area contributed by atoms with Crippen molar-refractivity contribution in [1.29, 1.82) is 0 Å². The van der Waals surface area contributed by atoms with E-state index in [1.165, 1.54) is 12.8 Å². The van der Waals surface area contributed by atoms with Crippen LogP contribution in [-0.2, 0) is 11.3 Å². The number of morpholine rings is 1. The van der Waals surface area contributed by atoms with Gasteiger partial charge in [-0.05, 0) is 13.0 Å². The normalized spacial score (nSPS) is 16.4. The van der Waals surface area contributed by atoms with E-state index < -0.39 is 0 Å². The van der Waals surface area contributed by atoms with Gasteiger partial charge in [0.25, 0.3) is 0 Å². The summed E-state index contributed by atoms with van der Waals surface area (Å²) in [4.78, 5) is 6.97. The molecule has 4 nitrogen and oxygen atoms in total. The highest BCUT2D eigenvalue weighted by Gasteiger charge is 2.14. The Hall–Kier alpha value is -0.650. The van der Waals surface area contributed by atoms with Crippen molar-refractivity contribution >= 4 is 16.5 Å². The van der Waals surface area contributed by atoms with Gasteiger partial charge in [0.2, 0.25) is 0 Å². The number of rotatable bonds is 6. The Morgan fingerprint density at radius 1 is 1.47 bits per heavy atom. The lowest BCUT2D eigenvalue weighted by Gasteiger charge is -2.26. The summed E-state index contributed by atoms with van der Waals surface area (Å²) in [6.45, 7) is 7.77. The highest BCUT2D eigenvalue weighted by atomic mass is 32.1. The van der Waals surface area contributed by atoms with Crippen LogP contribution in [0.2, 0.25) is 0 Å². The summed E-state index contributed by atoms with van der Waals surface area (Å²) in [6.07, 6.45) is 2.48. The Bertz CT molecular complexity index is 323. The molecule has 2 rings (SSSR count). The summed E-state index contributed by atoms with van der Waals surface area (Å²) in [7, 11) is 0. The van der Waals surface area contributed by atoms with E-state index >= 15 is 0 Å². The van der Waals surface area contributed by atoms with Gasteiger partial charge in [0.1, 0.15) is 0 Å². The Balaban J connectivity index is 1.78. The lowest BCUT2D eigenvalue weighted by Crippen LogP contribution is -2.36. The van der Waals surface area contributed by atoms with Crippen LogP contribution in [0, 0.1) is 0 Å². The number of hydrogen-bond donors (Lipinski definition) is 1. The zero-order valence-electron chi connectivity index (χ0n) is 10.4. The summed E-state index contributed by atoms with van der Waals surface area (Å²) in [5.74, 6) is 0. The summed E-state index contributed by atoms with van der Waals surface area (Å²) in [5.41, 5.74) is 1.16. The number of anilines is 1. The van der Waals surface area contributed by atoms with Crippen LogP contribution in [0.1, 0.15) is 25.5 Å². The molecule has 0 atom stereocenters. The molecular formula is C12H21N3OS. The molecule has 1 N–H and O–H groups in total. The van der Waals surface area contributed by atoms with E-state index in [-0.39, 0.29) is 0 Å². The van der Waals surface area contributed by atoms with Crippen molar-refractivity contribution in [2.45, 2.75) is 26.3 Å². The van der Waals surface area contributed by atoms with Gasteiger partial charge < -0.3 is 15.0 Å². The topological polar surface area (TPSA) is 37.4 Å². The molecule has 0 aromatic carbocycles. The van der Waals surface area contributed by atoms with E-state index in [2.05, 4.69) is 27.5 Å². The summed E-state index contributed by atoms with van der Waals surface area (Å²) in [5, 5.41) is 6.72. The van der Waals surface area contributed by atoms with Gasteiger partial charge in [-0.1, -0.05) is 13.3 Å². The van der Waals surface area contributed by atoms with Crippen LogP contribution >= 0.6 is 11.3 Å². The first kappa shape index (κ1) is 12.8. The summed E-state index contributed by atoms with van der Waals surface area (Å²) in [6, 6.07) is 0. The predicted molar refractivity (Wildman–Crippen MR) is 71.8 cm³/mol. The molecule has 1 aromatic rings. The van der Waals surface area contributed by atoms with Crippen molar-refractivity contribution in [3.05, 3.63) is 11.1 Å². The minimum atomic E-state index is 0.823. The lowest BCUT2D eigenvalue weighted by molar-refractivity contribution is 0.122. The number of hydrogen-bond acceptors (Lipinski definition) is 5. The number of nitrogens with one attached hydrogen (secondary N) is 1. The largest absolute Gasteiger partial charge is 0.378 e. The molecule has 17 heavy (non-hydrogen) atoms. The molecule has 0 radical (unpaired) electrons. The maximum Gasteiger partial charge on any atom is 0.185 e. The molecule has 0 unspecified atom stereocenters. The Morgan fingerprint density at radius 2 is 2.29 bits per heavy atom. The van der Waals surface area contributed by atoms with Crippen LogP contribution < -0.4 is 10.2 Å². The van der Waals surface area contributed by atoms with E-state index in [1.54, 1.807) is 11.3 Å². The molecule has 2 heterocycles. The summed E-state index contributed by atoms with van der Waals surface area (Å²) < 4.78 is 5.34. The molecule has 5 heteroatoms. The second-order valence-corrected chi connectivity index (χ2v) is 5.09.